The van der Waals surface area contributed by atoms with Crippen molar-refractivity contribution in [1.82, 2.24) is 13.9 Å². The number of imidazole rings is 1. The second-order valence-electron chi connectivity index (χ2n) is 7.92. The highest BCUT2D eigenvalue weighted by molar-refractivity contribution is 7.90. The van der Waals surface area contributed by atoms with E-state index in [0.717, 1.165) is 3.97 Å². The molecule has 35 heavy (non-hydrogen) atoms. The van der Waals surface area contributed by atoms with Crippen LogP contribution in [-0.2, 0) is 16.4 Å². The molecule has 0 aliphatic carbocycles. The zero-order valence-electron chi connectivity index (χ0n) is 17.9. The van der Waals surface area contributed by atoms with Crippen molar-refractivity contribution >= 4 is 67.7 Å². The summed E-state index contributed by atoms with van der Waals surface area (Å²) in [6, 6.07) is 15.4. The van der Waals surface area contributed by atoms with E-state index in [9.17, 15) is 18.0 Å². The number of rotatable bonds is 6. The van der Waals surface area contributed by atoms with Gasteiger partial charge in [-0.3, -0.25) is 14.5 Å². The minimum Gasteiger partial charge on any atom is -0.274 e. The maximum absolute atomic E-state index is 13.6. The molecule has 0 bridgehead atoms. The number of nitrogens with zero attached hydrogens (tertiary/aromatic N) is 3. The zero-order chi connectivity index (χ0) is 24.9. The Labute approximate surface area is 215 Å². The van der Waals surface area contributed by atoms with Crippen LogP contribution in [0.2, 0.25) is 15.1 Å². The zero-order valence-corrected chi connectivity index (χ0v) is 21.0. The summed E-state index contributed by atoms with van der Waals surface area (Å²) in [5.74, 6) is -0.511. The molecule has 0 fully saturated rings. The molecule has 0 saturated heterocycles. The van der Waals surface area contributed by atoms with E-state index in [1.807, 2.05) is 0 Å². The van der Waals surface area contributed by atoms with Crippen molar-refractivity contribution < 1.29 is 18.0 Å². The van der Waals surface area contributed by atoms with Crippen LogP contribution in [0.5, 0.6) is 0 Å². The van der Waals surface area contributed by atoms with E-state index in [-0.39, 0.29) is 51.1 Å². The molecule has 2 amide bonds. The lowest BCUT2D eigenvalue weighted by Gasteiger charge is -2.14. The molecule has 2 heterocycles. The van der Waals surface area contributed by atoms with E-state index in [4.69, 9.17) is 34.8 Å². The summed E-state index contributed by atoms with van der Waals surface area (Å²) in [5, 5.41) is 0.824. The van der Waals surface area contributed by atoms with Crippen molar-refractivity contribution in [2.45, 2.75) is 17.7 Å². The standard InChI is InChI=1S/C24H16Cl3N3O4S/c25-14-7-9-15(10-8-14)35(33,34)30-21-13-19(27)18(26)12-20(21)28-22(30)6-3-11-29-23(31)16-4-1-2-5-17(16)24(29)32/h1-2,4-5,7-10,12-13H,3,6,11H2. The fourth-order valence-corrected chi connectivity index (χ4v) is 6.02. The average Bonchev–Trinajstić information content (AvgIpc) is 3.30. The summed E-state index contributed by atoms with van der Waals surface area (Å²) in [6.45, 7) is 0.109. The van der Waals surface area contributed by atoms with Crippen LogP contribution in [0.4, 0.5) is 0 Å². The molecule has 7 nitrogen and oxygen atoms in total. The first-order valence-electron chi connectivity index (χ1n) is 10.5. The molecule has 0 radical (unpaired) electrons. The molecular weight excluding hydrogens is 533 g/mol. The summed E-state index contributed by atoms with van der Waals surface area (Å²) >= 11 is 18.3. The normalized spacial score (nSPS) is 13.6. The lowest BCUT2D eigenvalue weighted by Crippen LogP contribution is -2.31. The lowest BCUT2D eigenvalue weighted by molar-refractivity contribution is 0.0652. The summed E-state index contributed by atoms with van der Waals surface area (Å²) in [5.41, 5.74) is 1.34. The van der Waals surface area contributed by atoms with Crippen LogP contribution in [-0.4, -0.2) is 40.6 Å². The molecule has 1 aromatic heterocycles. The molecule has 0 spiro atoms. The maximum Gasteiger partial charge on any atom is 0.269 e. The van der Waals surface area contributed by atoms with Gasteiger partial charge >= 0.3 is 0 Å². The minimum absolute atomic E-state index is 0.0221. The van der Waals surface area contributed by atoms with Gasteiger partial charge in [-0.2, -0.15) is 0 Å². The average molecular weight is 549 g/mol. The van der Waals surface area contributed by atoms with Gasteiger partial charge in [0, 0.05) is 18.0 Å². The number of aryl methyl sites for hydroxylation is 1. The van der Waals surface area contributed by atoms with E-state index < -0.39 is 10.0 Å². The van der Waals surface area contributed by atoms with Gasteiger partial charge in [0.05, 0.1) is 37.1 Å². The van der Waals surface area contributed by atoms with Crippen LogP contribution < -0.4 is 0 Å². The second-order valence-corrected chi connectivity index (χ2v) is 11.0. The van der Waals surface area contributed by atoms with Gasteiger partial charge in [0.15, 0.2) is 0 Å². The van der Waals surface area contributed by atoms with Crippen molar-refractivity contribution in [3.05, 3.63) is 92.7 Å². The summed E-state index contributed by atoms with van der Waals surface area (Å²) in [6.07, 6.45) is 0.469. The molecular formula is C24H16Cl3N3O4S. The SMILES string of the molecule is O=C1c2ccccc2C(=O)N1CCCc1nc2cc(Cl)c(Cl)cc2n1S(=O)(=O)c1ccc(Cl)cc1. The lowest BCUT2D eigenvalue weighted by atomic mass is 10.1. The van der Waals surface area contributed by atoms with Crippen molar-refractivity contribution in [3.63, 3.8) is 0 Å². The van der Waals surface area contributed by atoms with Gasteiger partial charge < -0.3 is 0 Å². The molecule has 0 saturated carbocycles. The number of carbonyl (C=O) groups is 2. The number of aromatic nitrogens is 2. The van der Waals surface area contributed by atoms with Gasteiger partial charge in [-0.15, -0.1) is 0 Å². The molecule has 0 N–H and O–H groups in total. The number of imide groups is 1. The monoisotopic (exact) mass is 547 g/mol. The van der Waals surface area contributed by atoms with Crippen LogP contribution >= 0.6 is 34.8 Å². The Bertz CT molecular complexity index is 1580. The van der Waals surface area contributed by atoms with Crippen molar-refractivity contribution in [2.24, 2.45) is 0 Å². The van der Waals surface area contributed by atoms with Crippen molar-refractivity contribution in [1.29, 1.82) is 0 Å². The third-order valence-corrected chi connectivity index (χ3v) is 8.46. The quantitative estimate of drug-likeness (QED) is 0.298. The fraction of sp³-hybridized carbons (Fsp3) is 0.125. The van der Waals surface area contributed by atoms with E-state index >= 15 is 0 Å². The number of hydrogen-bond acceptors (Lipinski definition) is 5. The number of amides is 2. The van der Waals surface area contributed by atoms with Crippen LogP contribution in [0.25, 0.3) is 11.0 Å². The van der Waals surface area contributed by atoms with E-state index in [2.05, 4.69) is 4.98 Å². The topological polar surface area (TPSA) is 89.3 Å². The summed E-state index contributed by atoms with van der Waals surface area (Å²) in [7, 11) is -4.07. The Morgan fingerprint density at radius 3 is 2.06 bits per heavy atom. The van der Waals surface area contributed by atoms with Crippen LogP contribution in [0.15, 0.2) is 65.6 Å². The largest absolute Gasteiger partial charge is 0.274 e. The Morgan fingerprint density at radius 1 is 0.829 bits per heavy atom. The van der Waals surface area contributed by atoms with E-state index in [1.165, 1.54) is 41.3 Å². The van der Waals surface area contributed by atoms with Crippen LogP contribution in [0.3, 0.4) is 0 Å². The number of benzene rings is 3. The molecule has 11 heteroatoms. The van der Waals surface area contributed by atoms with Crippen LogP contribution in [0, 0.1) is 0 Å². The van der Waals surface area contributed by atoms with Crippen molar-refractivity contribution in [2.75, 3.05) is 6.54 Å². The second kappa shape index (κ2) is 8.95. The Balaban J connectivity index is 1.49. The predicted molar refractivity (Wildman–Crippen MR) is 134 cm³/mol. The highest BCUT2D eigenvalue weighted by Gasteiger charge is 2.34. The fourth-order valence-electron chi connectivity index (χ4n) is 4.08. The van der Waals surface area contributed by atoms with Gasteiger partial charge in [0.25, 0.3) is 21.8 Å². The third kappa shape index (κ3) is 4.10. The van der Waals surface area contributed by atoms with Gasteiger partial charge in [-0.25, -0.2) is 17.4 Å². The smallest absolute Gasteiger partial charge is 0.269 e. The van der Waals surface area contributed by atoms with Gasteiger partial charge in [0.1, 0.15) is 5.82 Å². The van der Waals surface area contributed by atoms with Gasteiger partial charge in [-0.1, -0.05) is 46.9 Å². The number of fused-ring (bicyclic) bond motifs is 2. The Kier molecular flexibility index (Phi) is 6.09. The highest BCUT2D eigenvalue weighted by Crippen LogP contribution is 2.31. The molecule has 3 aromatic carbocycles. The Hall–Kier alpha value is -2.91. The molecule has 178 valence electrons. The first-order chi connectivity index (χ1) is 16.7. The highest BCUT2D eigenvalue weighted by atomic mass is 35.5. The predicted octanol–water partition coefficient (Wildman–Crippen LogP) is 5.46. The number of halogens is 3. The number of carbonyl (C=O) groups excluding carboxylic acids is 2. The number of hydrogen-bond donors (Lipinski definition) is 0. The Morgan fingerprint density at radius 2 is 1.43 bits per heavy atom. The molecule has 0 unspecified atom stereocenters. The maximum atomic E-state index is 13.6. The first-order valence-corrected chi connectivity index (χ1v) is 13.1. The molecule has 1 aliphatic rings. The molecule has 5 rings (SSSR count). The minimum atomic E-state index is -4.07. The first kappa shape index (κ1) is 23.8. The van der Waals surface area contributed by atoms with E-state index in [0.29, 0.717) is 28.1 Å². The molecule has 1 aliphatic heterocycles. The van der Waals surface area contributed by atoms with E-state index in [1.54, 1.807) is 24.3 Å². The molecule has 0 atom stereocenters. The molecule has 4 aromatic rings. The summed E-state index contributed by atoms with van der Waals surface area (Å²) in [4.78, 5) is 31.0. The summed E-state index contributed by atoms with van der Waals surface area (Å²) < 4.78 is 28.3. The third-order valence-electron chi connectivity index (χ3n) is 5.73. The van der Waals surface area contributed by atoms with Gasteiger partial charge in [-0.05, 0) is 55.0 Å². The van der Waals surface area contributed by atoms with Crippen LogP contribution in [0.1, 0.15) is 33.0 Å². The van der Waals surface area contributed by atoms with Crippen molar-refractivity contribution in [3.8, 4) is 0 Å². The van der Waals surface area contributed by atoms with Gasteiger partial charge in [0.2, 0.25) is 0 Å².